The van der Waals surface area contributed by atoms with Crippen LogP contribution in [0.2, 0.25) is 0 Å². The Morgan fingerprint density at radius 1 is 1.18 bits per heavy atom. The van der Waals surface area contributed by atoms with Gasteiger partial charge in [-0.2, -0.15) is 0 Å². The minimum Gasteiger partial charge on any atom is -0.486 e. The zero-order chi connectivity index (χ0) is 23.2. The van der Waals surface area contributed by atoms with Gasteiger partial charge >= 0.3 is 5.97 Å². The Kier molecular flexibility index (Phi) is 5.62. The fraction of sp³-hybridized carbons (Fsp3) is 0.458. The molecule has 2 saturated heterocycles. The van der Waals surface area contributed by atoms with Crippen LogP contribution < -0.4 is 19.7 Å². The van der Waals surface area contributed by atoms with E-state index in [4.69, 9.17) is 14.2 Å². The van der Waals surface area contributed by atoms with E-state index in [0.717, 1.165) is 4.88 Å². The van der Waals surface area contributed by atoms with Gasteiger partial charge in [0.2, 0.25) is 11.8 Å². The second-order valence-corrected chi connectivity index (χ2v) is 9.40. The zero-order valence-corrected chi connectivity index (χ0v) is 19.4. The Labute approximate surface area is 195 Å². The highest BCUT2D eigenvalue weighted by Gasteiger charge is 2.68. The number of imide groups is 1. The number of nitrogens with one attached hydrogen (secondary N) is 1. The fourth-order valence-corrected chi connectivity index (χ4v) is 6.14. The molecule has 0 radical (unpaired) electrons. The average molecular weight is 471 g/mol. The number of anilines is 1. The van der Waals surface area contributed by atoms with Crippen molar-refractivity contribution >= 4 is 34.8 Å². The van der Waals surface area contributed by atoms with E-state index in [9.17, 15) is 14.4 Å². The third-order valence-electron chi connectivity index (χ3n) is 6.57. The first kappa shape index (κ1) is 21.9. The average Bonchev–Trinajstić information content (AvgIpc) is 3.51. The van der Waals surface area contributed by atoms with Crippen molar-refractivity contribution in [3.63, 3.8) is 0 Å². The van der Waals surface area contributed by atoms with E-state index in [0.29, 0.717) is 43.2 Å². The molecule has 9 heteroatoms. The molecule has 5 rings (SSSR count). The molecule has 1 aromatic carbocycles. The quantitative estimate of drug-likeness (QED) is 0.512. The zero-order valence-electron chi connectivity index (χ0n) is 18.5. The third kappa shape index (κ3) is 3.33. The molecule has 0 bridgehead atoms. The van der Waals surface area contributed by atoms with Crippen LogP contribution in [0.25, 0.3) is 0 Å². The van der Waals surface area contributed by atoms with E-state index >= 15 is 0 Å². The predicted octanol–water partition coefficient (Wildman–Crippen LogP) is 3.07. The van der Waals surface area contributed by atoms with E-state index < -0.39 is 35.3 Å². The highest BCUT2D eigenvalue weighted by Crippen LogP contribution is 2.52. The number of thiophene rings is 1. The Hall–Kier alpha value is -2.91. The van der Waals surface area contributed by atoms with Crippen molar-refractivity contribution < 1.29 is 28.6 Å². The first-order valence-corrected chi connectivity index (χ1v) is 12.2. The van der Waals surface area contributed by atoms with Crippen LogP contribution in [0.15, 0.2) is 35.7 Å². The second kappa shape index (κ2) is 8.46. The number of benzene rings is 1. The Morgan fingerprint density at radius 2 is 1.97 bits per heavy atom. The molecule has 1 N–H and O–H groups in total. The van der Waals surface area contributed by atoms with Crippen LogP contribution in [0.5, 0.6) is 11.5 Å². The molecule has 8 nitrogen and oxygen atoms in total. The third-order valence-corrected chi connectivity index (χ3v) is 7.53. The van der Waals surface area contributed by atoms with Crippen molar-refractivity contribution in [1.29, 1.82) is 0 Å². The van der Waals surface area contributed by atoms with Crippen LogP contribution in [0.1, 0.15) is 37.6 Å². The lowest BCUT2D eigenvalue weighted by Crippen LogP contribution is -2.56. The maximum atomic E-state index is 13.9. The number of fused-ring (bicyclic) bond motifs is 2. The normalized spacial score (nSPS) is 28.2. The second-order valence-electron chi connectivity index (χ2n) is 8.42. The summed E-state index contributed by atoms with van der Waals surface area (Å²) in [5, 5.41) is 5.33. The molecule has 3 aliphatic rings. The van der Waals surface area contributed by atoms with Gasteiger partial charge in [0, 0.05) is 10.9 Å². The van der Waals surface area contributed by atoms with Gasteiger partial charge in [-0.15, -0.1) is 11.3 Å². The maximum absolute atomic E-state index is 13.9. The molecule has 1 aromatic heterocycles. The smallest absolute Gasteiger partial charge is 0.327 e. The molecule has 2 amide bonds. The van der Waals surface area contributed by atoms with Gasteiger partial charge in [-0.3, -0.25) is 19.7 Å². The number of esters is 1. The van der Waals surface area contributed by atoms with E-state index in [-0.39, 0.29) is 12.5 Å². The highest BCUT2D eigenvalue weighted by molar-refractivity contribution is 7.10. The van der Waals surface area contributed by atoms with E-state index in [1.54, 1.807) is 25.1 Å². The first-order valence-electron chi connectivity index (χ1n) is 11.3. The summed E-state index contributed by atoms with van der Waals surface area (Å²) < 4.78 is 16.7. The lowest BCUT2D eigenvalue weighted by molar-refractivity contribution is -0.155. The monoisotopic (exact) mass is 470 g/mol. The number of amides is 2. The molecule has 0 unspecified atom stereocenters. The highest BCUT2D eigenvalue weighted by atomic mass is 32.1. The van der Waals surface area contributed by atoms with Gasteiger partial charge < -0.3 is 14.2 Å². The molecule has 0 saturated carbocycles. The number of carbonyl (C=O) groups excluding carboxylic acids is 3. The minimum atomic E-state index is -1.26. The topological polar surface area (TPSA) is 94.2 Å². The lowest BCUT2D eigenvalue weighted by atomic mass is 9.77. The van der Waals surface area contributed by atoms with Crippen LogP contribution in [0.3, 0.4) is 0 Å². The molecule has 2 fully saturated rings. The van der Waals surface area contributed by atoms with Gasteiger partial charge in [0.1, 0.15) is 18.8 Å². The Balaban J connectivity index is 1.60. The van der Waals surface area contributed by atoms with Gasteiger partial charge in [0.25, 0.3) is 0 Å². The first-order chi connectivity index (χ1) is 16.0. The van der Waals surface area contributed by atoms with Gasteiger partial charge in [-0.05, 0) is 36.9 Å². The number of rotatable bonds is 6. The van der Waals surface area contributed by atoms with Crippen LogP contribution in [0, 0.1) is 11.8 Å². The van der Waals surface area contributed by atoms with Crippen molar-refractivity contribution in [2.75, 3.05) is 24.7 Å². The molecule has 0 spiro atoms. The summed E-state index contributed by atoms with van der Waals surface area (Å²) in [6, 6.07) is 8.43. The molecule has 174 valence electrons. The SMILES string of the molecule is CCC[C@@]1(C(=O)OCC)N[C@@H](c2cccs2)[C@H]2C(=O)N(c3ccc4c(c3)OCCO4)C(=O)[C@@H]21. The molecule has 33 heavy (non-hydrogen) atoms. The summed E-state index contributed by atoms with van der Waals surface area (Å²) in [6.07, 6.45) is 1.04. The van der Waals surface area contributed by atoms with Crippen LogP contribution in [-0.4, -0.2) is 43.1 Å². The fourth-order valence-electron chi connectivity index (χ4n) is 5.31. The van der Waals surface area contributed by atoms with Gasteiger partial charge in [-0.25, -0.2) is 4.90 Å². The summed E-state index contributed by atoms with van der Waals surface area (Å²) in [7, 11) is 0. The predicted molar refractivity (Wildman–Crippen MR) is 121 cm³/mol. The number of ether oxygens (including phenoxy) is 3. The van der Waals surface area contributed by atoms with Crippen LogP contribution in [-0.2, 0) is 19.1 Å². The summed E-state index contributed by atoms with van der Waals surface area (Å²) >= 11 is 1.50. The number of nitrogens with zero attached hydrogens (tertiary/aromatic N) is 1. The molecule has 3 aliphatic heterocycles. The molecular weight excluding hydrogens is 444 g/mol. The van der Waals surface area contributed by atoms with E-state index in [1.807, 2.05) is 24.4 Å². The van der Waals surface area contributed by atoms with Crippen LogP contribution >= 0.6 is 11.3 Å². The standard InChI is InChI=1S/C24H26N2O6S/c1-3-9-24(23(29)30-4-2)19-18(20(25-24)17-6-5-12-33-17)21(27)26(22(19)28)14-7-8-15-16(13-14)32-11-10-31-15/h5-8,12-13,18-20,25H,3-4,9-11H2,1-2H3/t18-,19+,20-,24+/m0/s1. The summed E-state index contributed by atoms with van der Waals surface area (Å²) in [5.41, 5.74) is -0.845. The van der Waals surface area contributed by atoms with E-state index in [2.05, 4.69) is 5.32 Å². The lowest BCUT2D eigenvalue weighted by Gasteiger charge is -2.32. The van der Waals surface area contributed by atoms with Crippen molar-refractivity contribution in [2.45, 2.75) is 38.3 Å². The van der Waals surface area contributed by atoms with Crippen molar-refractivity contribution in [3.8, 4) is 11.5 Å². The van der Waals surface area contributed by atoms with Gasteiger partial charge in [-0.1, -0.05) is 19.4 Å². The molecule has 4 atom stereocenters. The Bertz CT molecular complexity index is 1090. The molecule has 0 aliphatic carbocycles. The minimum absolute atomic E-state index is 0.195. The number of hydrogen-bond acceptors (Lipinski definition) is 8. The molecule has 2 aromatic rings. The summed E-state index contributed by atoms with van der Waals surface area (Å²) in [4.78, 5) is 43.1. The van der Waals surface area contributed by atoms with Gasteiger partial charge in [0.15, 0.2) is 11.5 Å². The molecule has 4 heterocycles. The van der Waals surface area contributed by atoms with Crippen molar-refractivity contribution in [1.82, 2.24) is 5.32 Å². The maximum Gasteiger partial charge on any atom is 0.327 e. The number of hydrogen-bond donors (Lipinski definition) is 1. The van der Waals surface area contributed by atoms with Crippen molar-refractivity contribution in [3.05, 3.63) is 40.6 Å². The molecular formula is C24H26N2O6S. The number of carbonyl (C=O) groups is 3. The van der Waals surface area contributed by atoms with Crippen molar-refractivity contribution in [2.24, 2.45) is 11.8 Å². The van der Waals surface area contributed by atoms with Gasteiger partial charge in [0.05, 0.1) is 30.2 Å². The van der Waals surface area contributed by atoms with E-state index in [1.165, 1.54) is 16.2 Å². The summed E-state index contributed by atoms with van der Waals surface area (Å²) in [5.74, 6) is -1.69. The van der Waals surface area contributed by atoms with Crippen LogP contribution in [0.4, 0.5) is 5.69 Å². The largest absolute Gasteiger partial charge is 0.486 e. The summed E-state index contributed by atoms with van der Waals surface area (Å²) in [6.45, 7) is 4.74. The Morgan fingerprint density at radius 3 is 2.67 bits per heavy atom.